The lowest BCUT2D eigenvalue weighted by Crippen LogP contribution is -2.50. The molecule has 2 atom stereocenters. The first-order valence-electron chi connectivity index (χ1n) is 12.3. The Bertz CT molecular complexity index is 1050. The summed E-state index contributed by atoms with van der Waals surface area (Å²) in [6.45, 7) is 9.06. The molecule has 0 saturated carbocycles. The number of halogens is 3. The van der Waals surface area contributed by atoms with Crippen LogP contribution in [0.2, 0.25) is 0 Å². The number of aromatic nitrogens is 3. The van der Waals surface area contributed by atoms with Gasteiger partial charge in [0.05, 0.1) is 18.4 Å². The van der Waals surface area contributed by atoms with Crippen LogP contribution < -0.4 is 20.9 Å². The van der Waals surface area contributed by atoms with E-state index in [9.17, 15) is 13.2 Å². The third kappa shape index (κ3) is 8.51. The fraction of sp³-hybridized carbons (Fsp3) is 0.583. The van der Waals surface area contributed by atoms with Crippen molar-refractivity contribution in [2.45, 2.75) is 46.0 Å². The van der Waals surface area contributed by atoms with E-state index in [1.165, 1.54) is 6.92 Å². The van der Waals surface area contributed by atoms with Crippen LogP contribution in [0.15, 0.2) is 18.3 Å². The normalized spacial score (nSPS) is 16.9. The van der Waals surface area contributed by atoms with Crippen molar-refractivity contribution in [3.63, 3.8) is 0 Å². The standard InChI is InChI=1S/C24H35F3N8O2/c1-5-36-11-9-31-21-20(19(28)17(4)37-14-24(25,26)27)33-23(35-10-8-29-16(3)13-35)34-22(21)32-18-12-15(2)6-7-30-18/h6-7,12,16-17,28-29,31H,5,8-11,13-14H2,1-4H3,(H,30,32,33,34). The van der Waals surface area contributed by atoms with Gasteiger partial charge in [-0.05, 0) is 45.4 Å². The van der Waals surface area contributed by atoms with Crippen LogP contribution in [0.1, 0.15) is 32.0 Å². The van der Waals surface area contributed by atoms with E-state index in [4.69, 9.17) is 19.9 Å². The minimum atomic E-state index is -4.51. The summed E-state index contributed by atoms with van der Waals surface area (Å²) in [5.41, 5.74) is 1.30. The highest BCUT2D eigenvalue weighted by Gasteiger charge is 2.31. The van der Waals surface area contributed by atoms with Crippen LogP contribution in [0.3, 0.4) is 0 Å². The van der Waals surface area contributed by atoms with Crippen molar-refractivity contribution in [2.24, 2.45) is 0 Å². The number of nitrogens with one attached hydrogen (secondary N) is 4. The van der Waals surface area contributed by atoms with Gasteiger partial charge in [-0.25, -0.2) is 9.97 Å². The summed E-state index contributed by atoms with van der Waals surface area (Å²) in [6.07, 6.45) is -4.01. The smallest absolute Gasteiger partial charge is 0.380 e. The predicted octanol–water partition coefficient (Wildman–Crippen LogP) is 3.51. The molecule has 1 aliphatic rings. The quantitative estimate of drug-likeness (QED) is 0.244. The highest BCUT2D eigenvalue weighted by molar-refractivity contribution is 6.06. The summed E-state index contributed by atoms with van der Waals surface area (Å²) in [7, 11) is 0. The van der Waals surface area contributed by atoms with Crippen LogP contribution in [0.25, 0.3) is 0 Å². The van der Waals surface area contributed by atoms with Crippen LogP contribution >= 0.6 is 0 Å². The molecule has 2 unspecified atom stereocenters. The van der Waals surface area contributed by atoms with Gasteiger partial charge in [-0.3, -0.25) is 0 Å². The van der Waals surface area contributed by atoms with E-state index in [-0.39, 0.29) is 17.4 Å². The summed E-state index contributed by atoms with van der Waals surface area (Å²) in [4.78, 5) is 15.7. The van der Waals surface area contributed by atoms with E-state index in [2.05, 4.69) is 25.9 Å². The van der Waals surface area contributed by atoms with E-state index in [1.807, 2.05) is 37.8 Å². The third-order valence-corrected chi connectivity index (χ3v) is 5.62. The molecule has 3 rings (SSSR count). The summed E-state index contributed by atoms with van der Waals surface area (Å²) >= 11 is 0. The maximum atomic E-state index is 12.8. The second-order valence-electron chi connectivity index (χ2n) is 8.85. The van der Waals surface area contributed by atoms with Gasteiger partial charge in [0.15, 0.2) is 5.82 Å². The minimum Gasteiger partial charge on any atom is -0.380 e. The van der Waals surface area contributed by atoms with E-state index >= 15 is 0 Å². The van der Waals surface area contributed by atoms with Crippen molar-refractivity contribution >= 4 is 29.0 Å². The molecule has 3 heterocycles. The van der Waals surface area contributed by atoms with Crippen LogP contribution in [0.4, 0.5) is 36.4 Å². The molecule has 0 aromatic carbocycles. The average Bonchev–Trinajstić information content (AvgIpc) is 2.84. The van der Waals surface area contributed by atoms with Crippen LogP contribution in [-0.2, 0) is 9.47 Å². The van der Waals surface area contributed by atoms with Crippen LogP contribution in [0, 0.1) is 12.3 Å². The average molecular weight is 525 g/mol. The van der Waals surface area contributed by atoms with Crippen molar-refractivity contribution in [2.75, 3.05) is 61.5 Å². The Labute approximate surface area is 214 Å². The van der Waals surface area contributed by atoms with Gasteiger partial charge in [0.2, 0.25) is 5.95 Å². The molecule has 0 aliphatic carbocycles. The van der Waals surface area contributed by atoms with Crippen molar-refractivity contribution < 1.29 is 22.6 Å². The first kappa shape index (κ1) is 28.5. The van der Waals surface area contributed by atoms with Gasteiger partial charge >= 0.3 is 6.18 Å². The largest absolute Gasteiger partial charge is 0.411 e. The number of nitrogens with zero attached hydrogens (tertiary/aromatic N) is 4. The molecule has 1 saturated heterocycles. The zero-order chi connectivity index (χ0) is 27.0. The number of alkyl halides is 3. The zero-order valence-electron chi connectivity index (χ0n) is 21.6. The molecular weight excluding hydrogens is 489 g/mol. The second-order valence-corrected chi connectivity index (χ2v) is 8.85. The number of hydrogen-bond donors (Lipinski definition) is 4. The molecule has 13 heteroatoms. The fourth-order valence-corrected chi connectivity index (χ4v) is 3.77. The highest BCUT2D eigenvalue weighted by atomic mass is 19.4. The molecular formula is C24H35F3N8O2. The van der Waals surface area contributed by atoms with Gasteiger partial charge in [-0.15, -0.1) is 0 Å². The van der Waals surface area contributed by atoms with E-state index in [0.29, 0.717) is 56.1 Å². The molecule has 1 fully saturated rings. The number of ether oxygens (including phenoxy) is 2. The molecule has 0 bridgehead atoms. The maximum Gasteiger partial charge on any atom is 0.411 e. The third-order valence-electron chi connectivity index (χ3n) is 5.62. The number of aryl methyl sites for hydroxylation is 1. The Kier molecular flexibility index (Phi) is 10.0. The lowest BCUT2D eigenvalue weighted by molar-refractivity contribution is -0.177. The van der Waals surface area contributed by atoms with Crippen molar-refractivity contribution in [3.05, 3.63) is 29.6 Å². The molecule has 2 aromatic heterocycles. The monoisotopic (exact) mass is 524 g/mol. The number of rotatable bonds is 12. The molecule has 204 valence electrons. The SMILES string of the molecule is CCOCCNc1c(Nc2cc(C)ccn2)nc(N2CCNC(C)C2)nc1C(=N)C(C)OCC(F)(F)F. The Morgan fingerprint density at radius 2 is 2.14 bits per heavy atom. The topological polar surface area (TPSA) is 120 Å². The highest BCUT2D eigenvalue weighted by Crippen LogP contribution is 2.30. The van der Waals surface area contributed by atoms with E-state index in [0.717, 1.165) is 12.1 Å². The lowest BCUT2D eigenvalue weighted by atomic mass is 10.1. The van der Waals surface area contributed by atoms with E-state index < -0.39 is 18.9 Å². The Balaban J connectivity index is 2.05. The zero-order valence-corrected chi connectivity index (χ0v) is 21.6. The number of anilines is 4. The number of hydrogen-bond acceptors (Lipinski definition) is 10. The maximum absolute atomic E-state index is 12.8. The van der Waals surface area contributed by atoms with Gasteiger partial charge in [0, 0.05) is 45.0 Å². The molecule has 0 spiro atoms. The van der Waals surface area contributed by atoms with Gasteiger partial charge in [0.1, 0.15) is 23.8 Å². The summed E-state index contributed by atoms with van der Waals surface area (Å²) < 4.78 is 48.8. The molecule has 2 aromatic rings. The summed E-state index contributed by atoms with van der Waals surface area (Å²) in [5, 5.41) is 18.5. The Morgan fingerprint density at radius 1 is 1.35 bits per heavy atom. The van der Waals surface area contributed by atoms with Crippen LogP contribution in [-0.4, -0.2) is 85.0 Å². The second kappa shape index (κ2) is 13.0. The molecule has 1 aliphatic heterocycles. The van der Waals surface area contributed by atoms with Gasteiger partial charge in [-0.2, -0.15) is 18.2 Å². The molecule has 4 N–H and O–H groups in total. The van der Waals surface area contributed by atoms with Gasteiger partial charge < -0.3 is 35.7 Å². The van der Waals surface area contributed by atoms with Crippen molar-refractivity contribution in [3.8, 4) is 0 Å². The predicted molar refractivity (Wildman–Crippen MR) is 137 cm³/mol. The van der Waals surface area contributed by atoms with E-state index in [1.54, 1.807) is 6.20 Å². The number of piperazine rings is 1. The molecule has 10 nitrogen and oxygen atoms in total. The van der Waals surface area contributed by atoms with Crippen molar-refractivity contribution in [1.82, 2.24) is 20.3 Å². The minimum absolute atomic E-state index is 0.150. The Morgan fingerprint density at radius 3 is 2.81 bits per heavy atom. The first-order chi connectivity index (χ1) is 17.6. The molecule has 37 heavy (non-hydrogen) atoms. The first-order valence-corrected chi connectivity index (χ1v) is 12.3. The summed E-state index contributed by atoms with van der Waals surface area (Å²) in [6, 6.07) is 3.90. The fourth-order valence-electron chi connectivity index (χ4n) is 3.77. The Hall–Kier alpha value is -3.03. The molecule has 0 amide bonds. The lowest BCUT2D eigenvalue weighted by Gasteiger charge is -2.33. The number of pyridine rings is 1. The molecule has 0 radical (unpaired) electrons. The van der Waals surface area contributed by atoms with Gasteiger partial charge in [0.25, 0.3) is 0 Å². The summed E-state index contributed by atoms with van der Waals surface area (Å²) in [5.74, 6) is 1.25. The van der Waals surface area contributed by atoms with Crippen LogP contribution in [0.5, 0.6) is 0 Å². The van der Waals surface area contributed by atoms with Gasteiger partial charge in [-0.1, -0.05) is 0 Å². The van der Waals surface area contributed by atoms with Crippen molar-refractivity contribution in [1.29, 1.82) is 5.41 Å².